The molecule has 2 aromatic rings. The molecule has 0 aromatic heterocycles. The first kappa shape index (κ1) is 17.7. The lowest BCUT2D eigenvalue weighted by atomic mass is 10.2. The van der Waals surface area contributed by atoms with Crippen LogP contribution in [0.4, 0.5) is 5.69 Å². The highest BCUT2D eigenvalue weighted by molar-refractivity contribution is 14.1. The van der Waals surface area contributed by atoms with E-state index in [1.165, 1.54) is 7.11 Å². The molecule has 5 nitrogen and oxygen atoms in total. The molecule has 2 rings (SSSR count). The van der Waals surface area contributed by atoms with E-state index in [9.17, 15) is 9.59 Å². The summed E-state index contributed by atoms with van der Waals surface area (Å²) in [6.07, 6.45) is 0. The predicted octanol–water partition coefficient (Wildman–Crippen LogP) is 3.86. The Morgan fingerprint density at radius 1 is 1.22 bits per heavy atom. The second-order valence-corrected chi connectivity index (χ2v) is 6.47. The number of amides is 1. The summed E-state index contributed by atoms with van der Waals surface area (Å²) in [4.78, 5) is 23.9. The monoisotopic (exact) mass is 489 g/mol. The first-order valence-corrected chi connectivity index (χ1v) is 8.43. The number of hydrogen-bond donors (Lipinski definition) is 1. The number of hydrogen-bond acceptors (Lipinski definition) is 4. The van der Waals surface area contributed by atoms with Gasteiger partial charge in [-0.1, -0.05) is 12.1 Å². The molecule has 7 heteroatoms. The van der Waals surface area contributed by atoms with Crippen molar-refractivity contribution in [3.05, 3.63) is 56.1 Å². The van der Waals surface area contributed by atoms with Crippen molar-refractivity contribution in [2.24, 2.45) is 0 Å². The predicted molar refractivity (Wildman–Crippen MR) is 98.8 cm³/mol. The smallest absolute Gasteiger partial charge is 0.339 e. The minimum Gasteiger partial charge on any atom is -0.497 e. The minimum absolute atomic E-state index is 0.298. The largest absolute Gasteiger partial charge is 0.497 e. The van der Waals surface area contributed by atoms with Gasteiger partial charge in [0.15, 0.2) is 6.61 Å². The Morgan fingerprint density at radius 2 is 1.96 bits per heavy atom. The van der Waals surface area contributed by atoms with Crippen LogP contribution in [0.1, 0.15) is 10.4 Å². The number of esters is 1. The average Bonchev–Trinajstić information content (AvgIpc) is 2.55. The summed E-state index contributed by atoms with van der Waals surface area (Å²) in [6.45, 7) is -0.368. The van der Waals surface area contributed by atoms with Crippen molar-refractivity contribution in [1.82, 2.24) is 0 Å². The molecular weight excluding hydrogens is 477 g/mol. The molecule has 1 N–H and O–H groups in total. The Bertz CT molecular complexity index is 736. The van der Waals surface area contributed by atoms with Crippen molar-refractivity contribution in [3.8, 4) is 5.75 Å². The number of methoxy groups -OCH3 is 1. The molecule has 0 unspecified atom stereocenters. The highest BCUT2D eigenvalue weighted by Crippen LogP contribution is 2.23. The Morgan fingerprint density at radius 3 is 2.65 bits per heavy atom. The maximum Gasteiger partial charge on any atom is 0.339 e. The van der Waals surface area contributed by atoms with Gasteiger partial charge in [-0.15, -0.1) is 0 Å². The van der Waals surface area contributed by atoms with E-state index in [1.807, 2.05) is 18.2 Å². The second kappa shape index (κ2) is 8.30. The zero-order chi connectivity index (χ0) is 16.8. The lowest BCUT2D eigenvalue weighted by Crippen LogP contribution is -2.21. The van der Waals surface area contributed by atoms with Crippen LogP contribution in [0, 0.1) is 3.57 Å². The van der Waals surface area contributed by atoms with Crippen molar-refractivity contribution < 1.29 is 19.1 Å². The van der Waals surface area contributed by atoms with Gasteiger partial charge in [-0.05, 0) is 68.9 Å². The molecule has 0 aliphatic carbocycles. The molecule has 0 heterocycles. The third kappa shape index (κ3) is 4.93. The fourth-order valence-corrected chi connectivity index (χ4v) is 2.68. The number of para-hydroxylation sites is 1. The van der Waals surface area contributed by atoms with E-state index in [1.54, 1.807) is 24.3 Å². The highest BCUT2D eigenvalue weighted by Gasteiger charge is 2.15. The Labute approximate surface area is 155 Å². The molecule has 0 spiro atoms. The third-order valence-electron chi connectivity index (χ3n) is 2.88. The quantitative estimate of drug-likeness (QED) is 0.511. The van der Waals surface area contributed by atoms with E-state index in [-0.39, 0.29) is 6.61 Å². The molecule has 1 amide bonds. The Balaban J connectivity index is 1.96. The number of benzene rings is 2. The molecular formula is C16H13BrINO4. The highest BCUT2D eigenvalue weighted by atomic mass is 127. The van der Waals surface area contributed by atoms with Crippen molar-refractivity contribution in [2.75, 3.05) is 19.0 Å². The Kier molecular flexibility index (Phi) is 6.40. The molecule has 23 heavy (non-hydrogen) atoms. The lowest BCUT2D eigenvalue weighted by molar-refractivity contribution is -0.119. The summed E-state index contributed by atoms with van der Waals surface area (Å²) in [5, 5.41) is 2.69. The number of carbonyl (C=O) groups excluding carboxylic acids is 2. The van der Waals surface area contributed by atoms with Crippen molar-refractivity contribution in [3.63, 3.8) is 0 Å². The summed E-state index contributed by atoms with van der Waals surface area (Å²) in [5.74, 6) is -0.474. The van der Waals surface area contributed by atoms with Gasteiger partial charge in [0.25, 0.3) is 5.91 Å². The number of nitrogens with one attached hydrogen (secondary N) is 1. The summed E-state index contributed by atoms with van der Waals surface area (Å²) in [5.41, 5.74) is 0.975. The molecule has 0 atom stereocenters. The third-order valence-corrected chi connectivity index (χ3v) is 4.51. The van der Waals surface area contributed by atoms with Crippen LogP contribution >= 0.6 is 38.5 Å². The molecule has 0 saturated heterocycles. The van der Waals surface area contributed by atoms with Gasteiger partial charge in [0.2, 0.25) is 0 Å². The van der Waals surface area contributed by atoms with Crippen LogP contribution in [0.25, 0.3) is 0 Å². The van der Waals surface area contributed by atoms with Crippen LogP contribution in [-0.2, 0) is 9.53 Å². The first-order valence-electron chi connectivity index (χ1n) is 6.56. The van der Waals surface area contributed by atoms with E-state index in [4.69, 9.17) is 9.47 Å². The zero-order valence-electron chi connectivity index (χ0n) is 12.1. The van der Waals surface area contributed by atoms with Gasteiger partial charge >= 0.3 is 5.97 Å². The van der Waals surface area contributed by atoms with Crippen LogP contribution in [-0.4, -0.2) is 25.6 Å². The van der Waals surface area contributed by atoms with Crippen molar-refractivity contribution in [1.29, 1.82) is 0 Å². The standard InChI is InChI=1S/C16H13BrINO4/c1-22-10-6-7-12(17)11(8-10)16(21)23-9-15(20)19-14-5-3-2-4-13(14)18/h2-8H,9H2,1H3,(H,19,20). The molecule has 0 saturated carbocycles. The van der Waals surface area contributed by atoms with Gasteiger partial charge < -0.3 is 14.8 Å². The van der Waals surface area contributed by atoms with Crippen LogP contribution in [0.5, 0.6) is 5.75 Å². The zero-order valence-corrected chi connectivity index (χ0v) is 15.9. The molecule has 0 bridgehead atoms. The Hall–Kier alpha value is -1.61. The number of rotatable bonds is 5. The molecule has 2 aromatic carbocycles. The fraction of sp³-hybridized carbons (Fsp3) is 0.125. The molecule has 0 aliphatic heterocycles. The summed E-state index contributed by atoms with van der Waals surface area (Å²) >= 11 is 5.39. The first-order chi connectivity index (χ1) is 11.0. The van der Waals surface area contributed by atoms with E-state index in [2.05, 4.69) is 43.8 Å². The summed E-state index contributed by atoms with van der Waals surface area (Å²) < 4.78 is 11.6. The number of ether oxygens (including phenoxy) is 2. The van der Waals surface area contributed by atoms with Crippen molar-refractivity contribution >= 4 is 56.1 Å². The topological polar surface area (TPSA) is 64.6 Å². The van der Waals surface area contributed by atoms with E-state index in [0.717, 1.165) is 3.57 Å². The van der Waals surface area contributed by atoms with Gasteiger partial charge in [-0.2, -0.15) is 0 Å². The van der Waals surface area contributed by atoms with Crippen LogP contribution in [0.2, 0.25) is 0 Å². The maximum atomic E-state index is 12.1. The fourth-order valence-electron chi connectivity index (χ4n) is 1.75. The van der Waals surface area contributed by atoms with Crippen LogP contribution < -0.4 is 10.1 Å². The van der Waals surface area contributed by atoms with Crippen molar-refractivity contribution in [2.45, 2.75) is 0 Å². The summed E-state index contributed by atoms with van der Waals surface area (Å²) in [6, 6.07) is 12.3. The van der Waals surface area contributed by atoms with Gasteiger partial charge in [0, 0.05) is 8.04 Å². The van der Waals surface area contributed by atoms with Gasteiger partial charge in [0.1, 0.15) is 5.75 Å². The van der Waals surface area contributed by atoms with Crippen LogP contribution in [0.3, 0.4) is 0 Å². The van der Waals surface area contributed by atoms with Gasteiger partial charge in [-0.25, -0.2) is 4.79 Å². The average molecular weight is 490 g/mol. The molecule has 0 radical (unpaired) electrons. The summed E-state index contributed by atoms with van der Waals surface area (Å²) in [7, 11) is 1.51. The number of anilines is 1. The normalized spacial score (nSPS) is 10.0. The second-order valence-electron chi connectivity index (χ2n) is 4.45. The van der Waals surface area contributed by atoms with E-state index < -0.39 is 11.9 Å². The molecule has 0 fully saturated rings. The molecule has 120 valence electrons. The minimum atomic E-state index is -0.603. The number of carbonyl (C=O) groups is 2. The van der Waals surface area contributed by atoms with Gasteiger partial charge in [-0.3, -0.25) is 4.79 Å². The van der Waals surface area contributed by atoms with Crippen LogP contribution in [0.15, 0.2) is 46.9 Å². The lowest BCUT2D eigenvalue weighted by Gasteiger charge is -2.09. The number of halogens is 2. The van der Waals surface area contributed by atoms with E-state index >= 15 is 0 Å². The maximum absolute atomic E-state index is 12.1. The van der Waals surface area contributed by atoms with Gasteiger partial charge in [0.05, 0.1) is 18.4 Å². The van der Waals surface area contributed by atoms with E-state index in [0.29, 0.717) is 21.5 Å². The SMILES string of the molecule is COc1ccc(Br)c(C(=O)OCC(=O)Nc2ccccc2I)c1. The molecule has 0 aliphatic rings.